The molecule has 0 saturated heterocycles. The molecule has 0 fully saturated rings. The van der Waals surface area contributed by atoms with Crippen molar-refractivity contribution >= 4 is 44.7 Å². The number of benzene rings is 1. The molecule has 1 aliphatic carbocycles. The van der Waals surface area contributed by atoms with Crippen LogP contribution >= 0.6 is 34.4 Å². The Balaban J connectivity index is 1.38. The third-order valence-corrected chi connectivity index (χ3v) is 8.76. The van der Waals surface area contributed by atoms with Gasteiger partial charge < -0.3 is 4.74 Å². The van der Waals surface area contributed by atoms with Crippen LogP contribution in [0.5, 0.6) is 0 Å². The number of hydrogen-bond acceptors (Lipinski definition) is 7. The molecule has 3 heterocycles. The van der Waals surface area contributed by atoms with E-state index in [1.165, 1.54) is 16.0 Å². The lowest BCUT2D eigenvalue weighted by Crippen LogP contribution is -2.24. The molecule has 5 nitrogen and oxygen atoms in total. The van der Waals surface area contributed by atoms with E-state index in [9.17, 15) is 4.79 Å². The molecule has 0 amide bonds. The van der Waals surface area contributed by atoms with Crippen LogP contribution in [-0.2, 0) is 36.3 Å². The lowest BCUT2D eigenvalue weighted by atomic mass is 10.2. The molecule has 0 unspecified atom stereocenters. The Morgan fingerprint density at radius 3 is 2.91 bits per heavy atom. The summed E-state index contributed by atoms with van der Waals surface area (Å²) >= 11 is 5.01. The van der Waals surface area contributed by atoms with Crippen molar-refractivity contribution in [3.63, 3.8) is 0 Å². The normalized spacial score (nSPS) is 13.2. The van der Waals surface area contributed by atoms with Crippen LogP contribution in [0, 0.1) is 0 Å². The van der Waals surface area contributed by atoms with Crippen molar-refractivity contribution in [2.24, 2.45) is 0 Å². The van der Waals surface area contributed by atoms with Gasteiger partial charge in [-0.05, 0) is 36.8 Å². The maximum atomic E-state index is 13.4. The Hall–Kier alpha value is -2.00. The topological polar surface area (TPSA) is 57.0 Å². The molecule has 32 heavy (non-hydrogen) atoms. The van der Waals surface area contributed by atoms with Crippen molar-refractivity contribution in [1.82, 2.24) is 14.5 Å². The van der Waals surface area contributed by atoms with Crippen LogP contribution in [0.4, 0.5) is 0 Å². The highest BCUT2D eigenvalue weighted by molar-refractivity contribution is 7.98. The molecule has 0 saturated carbocycles. The second-order valence-electron chi connectivity index (χ2n) is 7.92. The van der Waals surface area contributed by atoms with E-state index in [4.69, 9.17) is 14.7 Å². The molecule has 0 N–H and O–H groups in total. The smallest absolute Gasteiger partial charge is 0.263 e. The van der Waals surface area contributed by atoms with Gasteiger partial charge in [-0.3, -0.25) is 9.36 Å². The quantitative estimate of drug-likeness (QED) is 0.183. The Morgan fingerprint density at radius 1 is 1.19 bits per heavy atom. The molecule has 1 aromatic carbocycles. The maximum absolute atomic E-state index is 13.4. The minimum absolute atomic E-state index is 0.107. The second kappa shape index (κ2) is 9.87. The van der Waals surface area contributed by atoms with Gasteiger partial charge in [0.1, 0.15) is 4.83 Å². The summed E-state index contributed by atoms with van der Waals surface area (Å²) < 4.78 is 7.08. The predicted molar refractivity (Wildman–Crippen MR) is 133 cm³/mol. The van der Waals surface area contributed by atoms with Gasteiger partial charge in [0, 0.05) is 42.7 Å². The SMILES string of the molecule is COCCCn1c(SCc2csc(Cc3ccccc3)n2)nc2sc3c(c2c1=O)CCC3. The molecule has 0 spiro atoms. The summed E-state index contributed by atoms with van der Waals surface area (Å²) in [7, 11) is 1.70. The van der Waals surface area contributed by atoms with E-state index in [0.717, 1.165) is 58.2 Å². The van der Waals surface area contributed by atoms with Gasteiger partial charge in [-0.2, -0.15) is 0 Å². The third kappa shape index (κ3) is 4.55. The fraction of sp³-hybridized carbons (Fsp3) is 0.375. The Bertz CT molecular complexity index is 1280. The van der Waals surface area contributed by atoms with E-state index in [0.29, 0.717) is 18.9 Å². The van der Waals surface area contributed by atoms with E-state index < -0.39 is 0 Å². The fourth-order valence-corrected chi connectivity index (χ4v) is 7.29. The summed E-state index contributed by atoms with van der Waals surface area (Å²) in [6, 6.07) is 10.4. The number of rotatable bonds is 9. The molecule has 0 aliphatic heterocycles. The van der Waals surface area contributed by atoms with Crippen LogP contribution in [0.25, 0.3) is 10.2 Å². The zero-order valence-electron chi connectivity index (χ0n) is 18.0. The molecule has 0 bridgehead atoms. The van der Waals surface area contributed by atoms with Crippen molar-refractivity contribution in [2.45, 2.75) is 49.6 Å². The Morgan fingerprint density at radius 2 is 2.06 bits per heavy atom. The number of thiophene rings is 1. The lowest BCUT2D eigenvalue weighted by molar-refractivity contribution is 0.189. The minimum Gasteiger partial charge on any atom is -0.385 e. The van der Waals surface area contributed by atoms with E-state index in [1.807, 2.05) is 10.6 Å². The zero-order chi connectivity index (χ0) is 21.9. The number of aromatic nitrogens is 3. The van der Waals surface area contributed by atoms with E-state index >= 15 is 0 Å². The number of fused-ring (bicyclic) bond motifs is 3. The minimum atomic E-state index is 0.107. The average Bonchev–Trinajstić information content (AvgIpc) is 3.51. The first-order chi connectivity index (χ1) is 15.7. The summed E-state index contributed by atoms with van der Waals surface area (Å²) in [5.74, 6) is 0.707. The Labute approximate surface area is 199 Å². The molecule has 3 aromatic heterocycles. The van der Waals surface area contributed by atoms with Crippen molar-refractivity contribution < 1.29 is 4.74 Å². The van der Waals surface area contributed by atoms with Crippen LogP contribution in [-0.4, -0.2) is 28.3 Å². The molecule has 5 rings (SSSR count). The van der Waals surface area contributed by atoms with Crippen LogP contribution in [0.3, 0.4) is 0 Å². The van der Waals surface area contributed by atoms with E-state index in [-0.39, 0.29) is 5.56 Å². The first kappa shape index (κ1) is 21.8. The summed E-state index contributed by atoms with van der Waals surface area (Å²) in [4.78, 5) is 25.5. The van der Waals surface area contributed by atoms with E-state index in [1.54, 1.807) is 41.5 Å². The standard InChI is InChI=1S/C24H25N3O2S3/c1-29-12-6-11-27-23(28)21-18-9-5-10-19(18)32-22(21)26-24(27)31-15-17-14-30-20(25-17)13-16-7-3-2-4-8-16/h2-4,7-8,14H,5-6,9-13,15H2,1H3. The fourth-order valence-electron chi connectivity index (χ4n) is 4.14. The largest absolute Gasteiger partial charge is 0.385 e. The summed E-state index contributed by atoms with van der Waals surface area (Å²) in [5.41, 5.74) is 3.66. The number of aryl methyl sites for hydroxylation is 2. The molecular formula is C24H25N3O2S3. The molecule has 166 valence electrons. The number of methoxy groups -OCH3 is 1. The molecule has 0 atom stereocenters. The summed E-state index contributed by atoms with van der Waals surface area (Å²) in [6.07, 6.45) is 4.86. The molecule has 4 aromatic rings. The first-order valence-electron chi connectivity index (χ1n) is 10.9. The number of thiazole rings is 1. The molecule has 1 aliphatic rings. The number of nitrogens with zero attached hydrogens (tertiary/aromatic N) is 3. The highest BCUT2D eigenvalue weighted by atomic mass is 32.2. The van der Waals surface area contributed by atoms with E-state index in [2.05, 4.69) is 29.6 Å². The van der Waals surface area contributed by atoms with Gasteiger partial charge >= 0.3 is 0 Å². The highest BCUT2D eigenvalue weighted by Crippen LogP contribution is 2.36. The van der Waals surface area contributed by atoms with Crippen LogP contribution in [0.15, 0.2) is 45.7 Å². The van der Waals surface area contributed by atoms with Crippen molar-refractivity contribution in [1.29, 1.82) is 0 Å². The van der Waals surface area contributed by atoms with Crippen LogP contribution in [0.2, 0.25) is 0 Å². The third-order valence-electron chi connectivity index (χ3n) is 5.67. The van der Waals surface area contributed by atoms with Crippen LogP contribution < -0.4 is 5.56 Å². The van der Waals surface area contributed by atoms with Crippen molar-refractivity contribution in [2.75, 3.05) is 13.7 Å². The van der Waals surface area contributed by atoms with Crippen molar-refractivity contribution in [3.8, 4) is 0 Å². The predicted octanol–water partition coefficient (Wildman–Crippen LogP) is 5.32. The Kier molecular flexibility index (Phi) is 6.73. The number of ether oxygens (including phenoxy) is 1. The lowest BCUT2D eigenvalue weighted by Gasteiger charge is -2.12. The van der Waals surface area contributed by atoms with Gasteiger partial charge in [-0.25, -0.2) is 9.97 Å². The second-order valence-corrected chi connectivity index (χ2v) is 10.9. The van der Waals surface area contributed by atoms with Gasteiger partial charge in [0.25, 0.3) is 5.56 Å². The van der Waals surface area contributed by atoms with Gasteiger partial charge in [0.2, 0.25) is 0 Å². The number of thioether (sulfide) groups is 1. The summed E-state index contributed by atoms with van der Waals surface area (Å²) in [5, 5.41) is 4.87. The van der Waals surface area contributed by atoms with Gasteiger partial charge in [0.05, 0.1) is 16.1 Å². The maximum Gasteiger partial charge on any atom is 0.263 e. The molecule has 8 heteroatoms. The zero-order valence-corrected chi connectivity index (χ0v) is 20.5. The average molecular weight is 484 g/mol. The highest BCUT2D eigenvalue weighted by Gasteiger charge is 2.23. The monoisotopic (exact) mass is 483 g/mol. The number of hydrogen-bond donors (Lipinski definition) is 0. The van der Waals surface area contributed by atoms with Gasteiger partial charge in [0.15, 0.2) is 5.16 Å². The molecular weight excluding hydrogens is 458 g/mol. The van der Waals surface area contributed by atoms with Gasteiger partial charge in [-0.15, -0.1) is 22.7 Å². The van der Waals surface area contributed by atoms with Crippen molar-refractivity contribution in [3.05, 3.63) is 72.8 Å². The molecule has 0 radical (unpaired) electrons. The van der Waals surface area contributed by atoms with Crippen LogP contribution in [0.1, 0.15) is 39.5 Å². The first-order valence-corrected chi connectivity index (χ1v) is 13.5. The van der Waals surface area contributed by atoms with Gasteiger partial charge in [-0.1, -0.05) is 42.1 Å². The summed E-state index contributed by atoms with van der Waals surface area (Å²) in [6.45, 7) is 1.25.